The molecule has 2 N–H and O–H groups in total. The number of hydrogen-bond donors (Lipinski definition) is 2. The third-order valence-electron chi connectivity index (χ3n) is 2.69. The Labute approximate surface area is 101 Å². The first kappa shape index (κ1) is 11.9. The van der Waals surface area contributed by atoms with Gasteiger partial charge in [0.15, 0.2) is 0 Å². The van der Waals surface area contributed by atoms with Crippen molar-refractivity contribution in [2.75, 3.05) is 6.54 Å². The third kappa shape index (κ3) is 3.19. The third-order valence-corrected chi connectivity index (χ3v) is 2.69. The first-order chi connectivity index (χ1) is 8.18. The molecule has 17 heavy (non-hydrogen) atoms. The average molecular weight is 231 g/mol. The standard InChI is InChI=1S/C14H17NO2/c1-14(16,13-8-5-9-17-13)11-15-10-12-6-3-2-4-7-12/h2-9,15-16H,10-11H2,1H3. The lowest BCUT2D eigenvalue weighted by atomic mass is 10.0. The van der Waals surface area contributed by atoms with Crippen LogP contribution in [0.2, 0.25) is 0 Å². The Morgan fingerprint density at radius 2 is 1.94 bits per heavy atom. The molecule has 1 atom stereocenters. The second kappa shape index (κ2) is 5.17. The molecule has 0 aliphatic carbocycles. The monoisotopic (exact) mass is 231 g/mol. The van der Waals surface area contributed by atoms with Gasteiger partial charge in [0.1, 0.15) is 11.4 Å². The number of nitrogens with one attached hydrogen (secondary N) is 1. The molecule has 90 valence electrons. The summed E-state index contributed by atoms with van der Waals surface area (Å²) in [5, 5.41) is 13.4. The van der Waals surface area contributed by atoms with Crippen LogP contribution < -0.4 is 5.32 Å². The molecular weight excluding hydrogens is 214 g/mol. The van der Waals surface area contributed by atoms with Crippen LogP contribution in [0, 0.1) is 0 Å². The van der Waals surface area contributed by atoms with Crippen molar-refractivity contribution < 1.29 is 9.52 Å². The maximum absolute atomic E-state index is 10.2. The van der Waals surface area contributed by atoms with Gasteiger partial charge >= 0.3 is 0 Å². The zero-order chi connectivity index (χ0) is 12.1. The molecule has 0 saturated carbocycles. The van der Waals surface area contributed by atoms with E-state index in [1.54, 1.807) is 25.3 Å². The summed E-state index contributed by atoms with van der Waals surface area (Å²) < 4.78 is 5.21. The highest BCUT2D eigenvalue weighted by molar-refractivity contribution is 5.14. The van der Waals surface area contributed by atoms with Crippen molar-refractivity contribution >= 4 is 0 Å². The predicted octanol–water partition coefficient (Wildman–Crippen LogP) is 2.28. The fraction of sp³-hybridized carbons (Fsp3) is 0.286. The van der Waals surface area contributed by atoms with E-state index in [-0.39, 0.29) is 0 Å². The molecule has 3 heteroatoms. The molecule has 1 aromatic carbocycles. The average Bonchev–Trinajstić information content (AvgIpc) is 2.84. The van der Waals surface area contributed by atoms with Crippen molar-refractivity contribution in [3.8, 4) is 0 Å². The van der Waals surface area contributed by atoms with Crippen molar-refractivity contribution in [2.45, 2.75) is 19.1 Å². The van der Waals surface area contributed by atoms with Crippen molar-refractivity contribution in [1.29, 1.82) is 0 Å². The molecule has 0 fully saturated rings. The van der Waals surface area contributed by atoms with Gasteiger partial charge in [0.25, 0.3) is 0 Å². The quantitative estimate of drug-likeness (QED) is 0.829. The molecule has 3 nitrogen and oxygen atoms in total. The first-order valence-corrected chi connectivity index (χ1v) is 5.69. The maximum Gasteiger partial charge on any atom is 0.136 e. The van der Waals surface area contributed by atoms with Gasteiger partial charge in [0, 0.05) is 13.1 Å². The van der Waals surface area contributed by atoms with E-state index in [0.29, 0.717) is 12.3 Å². The summed E-state index contributed by atoms with van der Waals surface area (Å²) in [4.78, 5) is 0. The molecule has 0 aliphatic rings. The topological polar surface area (TPSA) is 45.4 Å². The van der Waals surface area contributed by atoms with E-state index in [2.05, 4.69) is 17.4 Å². The number of benzene rings is 1. The Morgan fingerprint density at radius 1 is 1.18 bits per heavy atom. The minimum Gasteiger partial charge on any atom is -0.466 e. The van der Waals surface area contributed by atoms with Crippen LogP contribution in [0.25, 0.3) is 0 Å². The van der Waals surface area contributed by atoms with Crippen molar-refractivity contribution in [3.05, 3.63) is 60.1 Å². The van der Waals surface area contributed by atoms with Gasteiger partial charge in [-0.3, -0.25) is 0 Å². The highest BCUT2D eigenvalue weighted by Gasteiger charge is 2.25. The molecule has 0 radical (unpaired) electrons. The van der Waals surface area contributed by atoms with Gasteiger partial charge < -0.3 is 14.8 Å². The van der Waals surface area contributed by atoms with Crippen molar-refractivity contribution in [3.63, 3.8) is 0 Å². The first-order valence-electron chi connectivity index (χ1n) is 5.69. The molecule has 0 saturated heterocycles. The van der Waals surface area contributed by atoms with Crippen molar-refractivity contribution in [1.82, 2.24) is 5.32 Å². The van der Waals surface area contributed by atoms with Gasteiger partial charge in [-0.1, -0.05) is 30.3 Å². The Kier molecular flexibility index (Phi) is 3.61. The largest absolute Gasteiger partial charge is 0.466 e. The van der Waals surface area contributed by atoms with Gasteiger partial charge in [-0.2, -0.15) is 0 Å². The summed E-state index contributed by atoms with van der Waals surface area (Å²) in [6, 6.07) is 13.7. The Bertz CT molecular complexity index is 435. The Morgan fingerprint density at radius 3 is 2.59 bits per heavy atom. The zero-order valence-electron chi connectivity index (χ0n) is 9.89. The lowest BCUT2D eigenvalue weighted by Gasteiger charge is -2.21. The smallest absolute Gasteiger partial charge is 0.136 e. The Hall–Kier alpha value is -1.58. The van der Waals surface area contributed by atoms with E-state index in [0.717, 1.165) is 6.54 Å². The van der Waals surface area contributed by atoms with Crippen LogP contribution in [0.1, 0.15) is 18.2 Å². The van der Waals surface area contributed by atoms with Gasteiger partial charge in [-0.25, -0.2) is 0 Å². The van der Waals surface area contributed by atoms with E-state index in [9.17, 15) is 5.11 Å². The van der Waals surface area contributed by atoms with E-state index < -0.39 is 5.60 Å². The SMILES string of the molecule is CC(O)(CNCc1ccccc1)c1ccco1. The van der Waals surface area contributed by atoms with Crippen LogP contribution in [0.15, 0.2) is 53.1 Å². The summed E-state index contributed by atoms with van der Waals surface area (Å²) >= 11 is 0. The Balaban J connectivity index is 1.86. The highest BCUT2D eigenvalue weighted by Crippen LogP contribution is 2.19. The molecule has 1 unspecified atom stereocenters. The summed E-state index contributed by atoms with van der Waals surface area (Å²) in [7, 11) is 0. The predicted molar refractivity (Wildman–Crippen MR) is 66.4 cm³/mol. The van der Waals surface area contributed by atoms with E-state index in [1.807, 2.05) is 18.2 Å². The van der Waals surface area contributed by atoms with E-state index >= 15 is 0 Å². The second-order valence-corrected chi connectivity index (χ2v) is 4.34. The van der Waals surface area contributed by atoms with Crippen LogP contribution in [-0.2, 0) is 12.1 Å². The molecule has 0 spiro atoms. The fourth-order valence-corrected chi connectivity index (χ4v) is 1.72. The number of aliphatic hydroxyl groups is 1. The van der Waals surface area contributed by atoms with Gasteiger partial charge in [-0.05, 0) is 24.6 Å². The molecule has 1 heterocycles. The van der Waals surface area contributed by atoms with Crippen LogP contribution in [0.5, 0.6) is 0 Å². The summed E-state index contributed by atoms with van der Waals surface area (Å²) in [6.45, 7) is 2.93. The lowest BCUT2D eigenvalue weighted by Crippen LogP contribution is -2.34. The maximum atomic E-state index is 10.2. The van der Waals surface area contributed by atoms with Crippen LogP contribution in [0.4, 0.5) is 0 Å². The molecular formula is C14H17NO2. The minimum absolute atomic E-state index is 0.454. The van der Waals surface area contributed by atoms with Crippen molar-refractivity contribution in [2.24, 2.45) is 0 Å². The summed E-state index contributed by atoms with van der Waals surface area (Å²) in [6.07, 6.45) is 1.57. The minimum atomic E-state index is -0.974. The molecule has 0 amide bonds. The number of hydrogen-bond acceptors (Lipinski definition) is 3. The van der Waals surface area contributed by atoms with Crippen LogP contribution in [-0.4, -0.2) is 11.7 Å². The normalized spacial score (nSPS) is 14.5. The molecule has 1 aromatic heterocycles. The summed E-state index contributed by atoms with van der Waals surface area (Å²) in [5.74, 6) is 0.582. The lowest BCUT2D eigenvalue weighted by molar-refractivity contribution is 0.0340. The number of furan rings is 1. The highest BCUT2D eigenvalue weighted by atomic mass is 16.4. The van der Waals surface area contributed by atoms with Gasteiger partial charge in [-0.15, -0.1) is 0 Å². The molecule has 0 aliphatic heterocycles. The molecule has 2 rings (SSSR count). The summed E-state index contributed by atoms with van der Waals surface area (Å²) in [5.41, 5.74) is 0.223. The van der Waals surface area contributed by atoms with E-state index in [4.69, 9.17) is 4.42 Å². The van der Waals surface area contributed by atoms with Crippen LogP contribution >= 0.6 is 0 Å². The van der Waals surface area contributed by atoms with Gasteiger partial charge in [0.05, 0.1) is 6.26 Å². The fourth-order valence-electron chi connectivity index (χ4n) is 1.72. The van der Waals surface area contributed by atoms with E-state index in [1.165, 1.54) is 5.56 Å². The van der Waals surface area contributed by atoms with Crippen LogP contribution in [0.3, 0.4) is 0 Å². The number of rotatable bonds is 5. The second-order valence-electron chi connectivity index (χ2n) is 4.34. The molecule has 2 aromatic rings. The van der Waals surface area contributed by atoms with Gasteiger partial charge in [0.2, 0.25) is 0 Å². The molecule has 0 bridgehead atoms. The zero-order valence-corrected chi connectivity index (χ0v) is 9.89.